The Kier molecular flexibility index (Phi) is 3.18. The van der Waals surface area contributed by atoms with Crippen LogP contribution in [-0.4, -0.2) is 34.8 Å². The molecule has 1 heterocycles. The molecule has 0 aliphatic carbocycles. The maximum absolute atomic E-state index is 12.6. The Labute approximate surface area is 126 Å². The fourth-order valence-electron chi connectivity index (χ4n) is 2.46. The number of phenolic OH excluding ortho intramolecular Hbond substituents is 2. The van der Waals surface area contributed by atoms with E-state index >= 15 is 0 Å². The first kappa shape index (κ1) is 14.2. The lowest BCUT2D eigenvalue weighted by molar-refractivity contribution is -0.00553. The molecule has 3 rings (SSSR count). The van der Waals surface area contributed by atoms with Crippen molar-refractivity contribution in [2.45, 2.75) is 5.60 Å². The van der Waals surface area contributed by atoms with Crippen LogP contribution in [0, 0.1) is 0 Å². The van der Waals surface area contributed by atoms with Crippen molar-refractivity contribution in [2.24, 2.45) is 0 Å². The highest BCUT2D eigenvalue weighted by molar-refractivity contribution is 6.08. The Bertz CT molecular complexity index is 737. The van der Waals surface area contributed by atoms with Gasteiger partial charge in [0.1, 0.15) is 35.2 Å². The standard InChI is InChI=1S/C16H14O6/c1-21-11-4-2-9(3-5-11)16(20)8-22-13-7-10(17)6-12(18)14(13)15(16)19/h2-7,17-18,20H,8H2,1H3/t16-/m1/s1. The number of ketones is 1. The Morgan fingerprint density at radius 1 is 1.18 bits per heavy atom. The van der Waals surface area contributed by atoms with Gasteiger partial charge in [-0.2, -0.15) is 0 Å². The second-order valence-electron chi connectivity index (χ2n) is 5.04. The summed E-state index contributed by atoms with van der Waals surface area (Å²) in [6.07, 6.45) is 0. The molecule has 6 nitrogen and oxygen atoms in total. The van der Waals surface area contributed by atoms with Crippen LogP contribution in [0.5, 0.6) is 23.0 Å². The molecule has 0 saturated carbocycles. The summed E-state index contributed by atoms with van der Waals surface area (Å²) in [6.45, 7) is -0.311. The number of fused-ring (bicyclic) bond motifs is 1. The molecule has 2 aromatic rings. The number of carbonyl (C=O) groups excluding carboxylic acids is 1. The van der Waals surface area contributed by atoms with Gasteiger partial charge >= 0.3 is 0 Å². The number of ether oxygens (including phenoxy) is 2. The molecule has 0 amide bonds. The van der Waals surface area contributed by atoms with Gasteiger partial charge in [0.25, 0.3) is 0 Å². The Balaban J connectivity index is 2.07. The molecule has 0 radical (unpaired) electrons. The van der Waals surface area contributed by atoms with Crippen LogP contribution < -0.4 is 9.47 Å². The topological polar surface area (TPSA) is 96.2 Å². The molecule has 1 aliphatic rings. The molecule has 0 bridgehead atoms. The average molecular weight is 302 g/mol. The first-order valence-corrected chi connectivity index (χ1v) is 6.56. The fraction of sp³-hybridized carbons (Fsp3) is 0.188. The van der Waals surface area contributed by atoms with E-state index in [9.17, 15) is 20.1 Å². The summed E-state index contributed by atoms with van der Waals surface area (Å²) < 4.78 is 10.4. The minimum Gasteiger partial charge on any atom is -0.508 e. The maximum Gasteiger partial charge on any atom is 0.209 e. The largest absolute Gasteiger partial charge is 0.508 e. The number of benzene rings is 2. The van der Waals surface area contributed by atoms with Crippen molar-refractivity contribution < 1.29 is 29.6 Å². The van der Waals surface area contributed by atoms with Crippen molar-refractivity contribution >= 4 is 5.78 Å². The molecule has 114 valence electrons. The van der Waals surface area contributed by atoms with Gasteiger partial charge in [-0.15, -0.1) is 0 Å². The molecule has 1 atom stereocenters. The predicted octanol–water partition coefficient (Wildman–Crippen LogP) is 1.57. The van der Waals surface area contributed by atoms with E-state index in [0.717, 1.165) is 6.07 Å². The Morgan fingerprint density at radius 2 is 1.86 bits per heavy atom. The van der Waals surface area contributed by atoms with Crippen LogP contribution in [0.2, 0.25) is 0 Å². The van der Waals surface area contributed by atoms with Gasteiger partial charge in [0.15, 0.2) is 5.60 Å². The first-order chi connectivity index (χ1) is 10.5. The van der Waals surface area contributed by atoms with E-state index in [1.165, 1.54) is 13.2 Å². The molecule has 3 N–H and O–H groups in total. The van der Waals surface area contributed by atoms with Crippen LogP contribution in [0.1, 0.15) is 15.9 Å². The highest BCUT2D eigenvalue weighted by Crippen LogP contribution is 2.42. The van der Waals surface area contributed by atoms with Crippen molar-refractivity contribution in [1.82, 2.24) is 0 Å². The van der Waals surface area contributed by atoms with Gasteiger partial charge < -0.3 is 24.8 Å². The summed E-state index contributed by atoms with van der Waals surface area (Å²) >= 11 is 0. The number of phenols is 2. The van der Waals surface area contributed by atoms with Crippen LogP contribution in [0.25, 0.3) is 0 Å². The number of methoxy groups -OCH3 is 1. The van der Waals surface area contributed by atoms with Gasteiger partial charge in [-0.25, -0.2) is 0 Å². The zero-order valence-corrected chi connectivity index (χ0v) is 11.7. The highest BCUT2D eigenvalue weighted by atomic mass is 16.5. The zero-order valence-electron chi connectivity index (χ0n) is 11.7. The number of hydrogen-bond donors (Lipinski definition) is 3. The molecule has 0 aromatic heterocycles. The van der Waals surface area contributed by atoms with Crippen LogP contribution in [0.3, 0.4) is 0 Å². The minimum atomic E-state index is -1.91. The Morgan fingerprint density at radius 3 is 2.50 bits per heavy atom. The third kappa shape index (κ3) is 2.05. The van der Waals surface area contributed by atoms with E-state index in [1.807, 2.05) is 0 Å². The quantitative estimate of drug-likeness (QED) is 0.779. The highest BCUT2D eigenvalue weighted by Gasteiger charge is 2.45. The molecule has 0 spiro atoms. The van der Waals surface area contributed by atoms with Crippen molar-refractivity contribution in [2.75, 3.05) is 13.7 Å². The maximum atomic E-state index is 12.6. The Hall–Kier alpha value is -2.73. The lowest BCUT2D eigenvalue weighted by Gasteiger charge is -2.32. The van der Waals surface area contributed by atoms with Crippen molar-refractivity contribution in [3.63, 3.8) is 0 Å². The molecular weight excluding hydrogens is 288 g/mol. The zero-order chi connectivity index (χ0) is 15.9. The SMILES string of the molecule is COc1ccc([C@]2(O)COc3cc(O)cc(O)c3C2=O)cc1. The number of carbonyl (C=O) groups is 1. The first-order valence-electron chi connectivity index (χ1n) is 6.56. The summed E-state index contributed by atoms with van der Waals surface area (Å²) in [5, 5.41) is 30.0. The van der Waals surface area contributed by atoms with Gasteiger partial charge in [0.2, 0.25) is 5.78 Å². The molecule has 2 aromatic carbocycles. The fourth-order valence-corrected chi connectivity index (χ4v) is 2.46. The number of Topliss-reactive ketones (excluding diaryl/α,β-unsaturated/α-hetero) is 1. The lowest BCUT2D eigenvalue weighted by Crippen LogP contribution is -2.44. The molecule has 22 heavy (non-hydrogen) atoms. The van der Waals surface area contributed by atoms with Gasteiger partial charge in [-0.05, 0) is 17.7 Å². The molecular formula is C16H14O6. The van der Waals surface area contributed by atoms with Crippen LogP contribution in [-0.2, 0) is 5.60 Å². The average Bonchev–Trinajstić information content (AvgIpc) is 2.50. The van der Waals surface area contributed by atoms with E-state index < -0.39 is 17.1 Å². The van der Waals surface area contributed by atoms with Gasteiger partial charge in [-0.3, -0.25) is 4.79 Å². The lowest BCUT2D eigenvalue weighted by atomic mass is 9.84. The normalized spacial score (nSPS) is 20.2. The van der Waals surface area contributed by atoms with E-state index in [4.69, 9.17) is 9.47 Å². The van der Waals surface area contributed by atoms with E-state index in [1.54, 1.807) is 24.3 Å². The molecule has 0 fully saturated rings. The van der Waals surface area contributed by atoms with Crippen molar-refractivity contribution in [3.8, 4) is 23.0 Å². The van der Waals surface area contributed by atoms with Crippen LogP contribution in [0.15, 0.2) is 36.4 Å². The van der Waals surface area contributed by atoms with Crippen molar-refractivity contribution in [1.29, 1.82) is 0 Å². The molecule has 0 saturated heterocycles. The van der Waals surface area contributed by atoms with Crippen LogP contribution in [0.4, 0.5) is 0 Å². The molecule has 1 aliphatic heterocycles. The summed E-state index contributed by atoms with van der Waals surface area (Å²) in [5.41, 5.74) is -1.73. The smallest absolute Gasteiger partial charge is 0.209 e. The van der Waals surface area contributed by atoms with Gasteiger partial charge in [0, 0.05) is 12.1 Å². The third-order valence-corrected chi connectivity index (χ3v) is 3.67. The number of rotatable bonds is 2. The third-order valence-electron chi connectivity index (χ3n) is 3.67. The molecule has 0 unspecified atom stereocenters. The summed E-state index contributed by atoms with van der Waals surface area (Å²) in [4.78, 5) is 12.6. The predicted molar refractivity (Wildman–Crippen MR) is 76.5 cm³/mol. The molecule has 6 heteroatoms. The van der Waals surface area contributed by atoms with E-state index in [2.05, 4.69) is 0 Å². The number of hydrogen-bond acceptors (Lipinski definition) is 6. The van der Waals surface area contributed by atoms with E-state index in [-0.39, 0.29) is 23.7 Å². The summed E-state index contributed by atoms with van der Waals surface area (Å²) in [7, 11) is 1.51. The van der Waals surface area contributed by atoms with Gasteiger partial charge in [0.05, 0.1) is 7.11 Å². The summed E-state index contributed by atoms with van der Waals surface area (Å²) in [6, 6.07) is 8.60. The second kappa shape index (κ2) is 4.92. The van der Waals surface area contributed by atoms with Crippen LogP contribution >= 0.6 is 0 Å². The second-order valence-corrected chi connectivity index (χ2v) is 5.04. The number of aromatic hydroxyl groups is 2. The monoisotopic (exact) mass is 302 g/mol. The van der Waals surface area contributed by atoms with Crippen molar-refractivity contribution in [3.05, 3.63) is 47.5 Å². The van der Waals surface area contributed by atoms with Gasteiger partial charge in [-0.1, -0.05) is 12.1 Å². The number of aliphatic hydroxyl groups is 1. The summed E-state index contributed by atoms with van der Waals surface area (Å²) in [5.74, 6) is -0.715. The van der Waals surface area contributed by atoms with E-state index in [0.29, 0.717) is 11.3 Å². The minimum absolute atomic E-state index is 0.0423.